The van der Waals surface area contributed by atoms with Gasteiger partial charge in [-0.2, -0.15) is 5.10 Å². The molecule has 0 unspecified atom stereocenters. The molecule has 10 nitrogen and oxygen atoms in total. The van der Waals surface area contributed by atoms with Crippen molar-refractivity contribution < 1.29 is 14.6 Å². The second-order valence-corrected chi connectivity index (χ2v) is 9.55. The first-order valence-corrected chi connectivity index (χ1v) is 13.1. The van der Waals surface area contributed by atoms with Gasteiger partial charge in [-0.15, -0.1) is 0 Å². The number of benzene rings is 2. The summed E-state index contributed by atoms with van der Waals surface area (Å²) in [6.45, 7) is 8.62. The Hall–Kier alpha value is -4.18. The van der Waals surface area contributed by atoms with E-state index in [2.05, 4.69) is 15.7 Å². The fraction of sp³-hybridized carbons (Fsp3) is 0.379. The van der Waals surface area contributed by atoms with Gasteiger partial charge in [0.15, 0.2) is 5.82 Å². The van der Waals surface area contributed by atoms with Crippen LogP contribution < -0.4 is 15.4 Å². The third kappa shape index (κ3) is 5.96. The van der Waals surface area contributed by atoms with E-state index in [0.717, 1.165) is 53.3 Å². The number of rotatable bonds is 11. The molecule has 0 atom stereocenters. The number of phenols is 1. The van der Waals surface area contributed by atoms with Crippen LogP contribution in [-0.2, 0) is 13.1 Å². The van der Waals surface area contributed by atoms with Crippen molar-refractivity contribution in [2.24, 2.45) is 0 Å². The van der Waals surface area contributed by atoms with E-state index < -0.39 is 0 Å². The minimum absolute atomic E-state index is 0.0451. The topological polar surface area (TPSA) is 117 Å². The summed E-state index contributed by atoms with van der Waals surface area (Å²) >= 11 is 0. The first kappa shape index (κ1) is 27.8. The number of aromatic hydroxyl groups is 1. The smallest absolute Gasteiger partial charge is 0.273 e. The maximum Gasteiger partial charge on any atom is 0.273 e. The molecular weight excluding hydrogens is 494 g/mol. The minimum atomic E-state index is -0.270. The lowest BCUT2D eigenvalue weighted by Crippen LogP contribution is -2.27. The molecule has 0 aliphatic rings. The standard InChI is InChI=1S/C29H37N7O3/c1-7-36-19(3)21(16-32-36)17-35(6)29(38)26-23-15-22(37)9-10-24(23)33-28(34-26)20-13-18(2)27(25(14-20)31-5)39-12-8-11-30-4/h9-10,13-16,30-31,37H,7-8,11-12,17H2,1-6H3. The number of nitrogens with zero attached hydrogens (tertiary/aromatic N) is 5. The predicted octanol–water partition coefficient (Wildman–Crippen LogP) is 4.14. The summed E-state index contributed by atoms with van der Waals surface area (Å²) in [5, 5.41) is 21.4. The highest BCUT2D eigenvalue weighted by molar-refractivity contribution is 6.05. The van der Waals surface area contributed by atoms with Gasteiger partial charge < -0.3 is 25.4 Å². The Morgan fingerprint density at radius 2 is 1.95 bits per heavy atom. The number of fused-ring (bicyclic) bond motifs is 1. The average molecular weight is 532 g/mol. The van der Waals surface area contributed by atoms with Crippen LogP contribution in [0.15, 0.2) is 36.5 Å². The predicted molar refractivity (Wildman–Crippen MR) is 153 cm³/mol. The highest BCUT2D eigenvalue weighted by atomic mass is 16.5. The number of aryl methyl sites for hydroxylation is 2. The van der Waals surface area contributed by atoms with E-state index in [1.54, 1.807) is 30.3 Å². The van der Waals surface area contributed by atoms with Crippen molar-refractivity contribution >= 4 is 22.5 Å². The number of carbonyl (C=O) groups is 1. The van der Waals surface area contributed by atoms with Crippen molar-refractivity contribution in [2.45, 2.75) is 40.3 Å². The zero-order valence-corrected chi connectivity index (χ0v) is 23.5. The van der Waals surface area contributed by atoms with Crippen LogP contribution in [-0.4, -0.2) is 70.0 Å². The molecule has 3 N–H and O–H groups in total. The molecule has 0 aliphatic heterocycles. The molecule has 1 amide bonds. The van der Waals surface area contributed by atoms with Crippen LogP contribution in [0.4, 0.5) is 5.69 Å². The molecule has 39 heavy (non-hydrogen) atoms. The Balaban J connectivity index is 1.73. The van der Waals surface area contributed by atoms with Crippen molar-refractivity contribution in [1.82, 2.24) is 30.0 Å². The highest BCUT2D eigenvalue weighted by Gasteiger charge is 2.22. The van der Waals surface area contributed by atoms with Crippen LogP contribution in [0, 0.1) is 13.8 Å². The normalized spacial score (nSPS) is 11.1. The van der Waals surface area contributed by atoms with E-state index in [4.69, 9.17) is 14.7 Å². The van der Waals surface area contributed by atoms with Gasteiger partial charge >= 0.3 is 0 Å². The zero-order valence-electron chi connectivity index (χ0n) is 23.5. The van der Waals surface area contributed by atoms with E-state index in [0.29, 0.717) is 29.9 Å². The fourth-order valence-electron chi connectivity index (χ4n) is 4.58. The maximum atomic E-state index is 13.8. The third-order valence-electron chi connectivity index (χ3n) is 6.76. The van der Waals surface area contributed by atoms with Crippen LogP contribution in [0.25, 0.3) is 22.3 Å². The highest BCUT2D eigenvalue weighted by Crippen LogP contribution is 2.34. The minimum Gasteiger partial charge on any atom is -0.508 e. The third-order valence-corrected chi connectivity index (χ3v) is 6.76. The molecule has 4 rings (SSSR count). The molecule has 4 aromatic rings. The number of amides is 1. The first-order chi connectivity index (χ1) is 18.8. The Bertz CT molecular complexity index is 1480. The Morgan fingerprint density at radius 3 is 2.64 bits per heavy atom. The van der Waals surface area contributed by atoms with Gasteiger partial charge in [-0.1, -0.05) is 0 Å². The second-order valence-electron chi connectivity index (χ2n) is 9.55. The maximum absolute atomic E-state index is 13.8. The molecule has 2 aromatic heterocycles. The average Bonchev–Trinajstić information content (AvgIpc) is 3.28. The molecule has 206 valence electrons. The lowest BCUT2D eigenvalue weighted by molar-refractivity contribution is 0.0781. The number of hydrogen-bond donors (Lipinski definition) is 3. The first-order valence-electron chi connectivity index (χ1n) is 13.1. The molecule has 0 spiro atoms. The number of aromatic nitrogens is 4. The summed E-state index contributed by atoms with van der Waals surface area (Å²) in [5.74, 6) is 0.972. The van der Waals surface area contributed by atoms with E-state index >= 15 is 0 Å². The summed E-state index contributed by atoms with van der Waals surface area (Å²) in [6.07, 6.45) is 2.68. The van der Waals surface area contributed by atoms with E-state index in [9.17, 15) is 9.90 Å². The van der Waals surface area contributed by atoms with E-state index in [-0.39, 0.29) is 17.4 Å². The molecule has 0 fully saturated rings. The van der Waals surface area contributed by atoms with Gasteiger partial charge in [-0.05, 0) is 76.7 Å². The van der Waals surface area contributed by atoms with Gasteiger partial charge in [0.2, 0.25) is 0 Å². The Labute approximate surface area is 229 Å². The summed E-state index contributed by atoms with van der Waals surface area (Å²) in [6, 6.07) is 8.70. The molecule has 2 heterocycles. The molecule has 0 saturated carbocycles. The largest absolute Gasteiger partial charge is 0.508 e. The van der Waals surface area contributed by atoms with Crippen LogP contribution in [0.3, 0.4) is 0 Å². The van der Waals surface area contributed by atoms with Crippen molar-refractivity contribution in [3.8, 4) is 22.9 Å². The van der Waals surface area contributed by atoms with Crippen molar-refractivity contribution in [3.05, 3.63) is 59.0 Å². The number of carbonyl (C=O) groups excluding carboxylic acids is 1. The number of nitrogens with one attached hydrogen (secondary N) is 2. The van der Waals surface area contributed by atoms with Crippen molar-refractivity contribution in [1.29, 1.82) is 0 Å². The lowest BCUT2D eigenvalue weighted by atomic mass is 10.1. The van der Waals surface area contributed by atoms with Gasteiger partial charge in [-0.25, -0.2) is 9.97 Å². The Morgan fingerprint density at radius 1 is 1.15 bits per heavy atom. The van der Waals surface area contributed by atoms with Crippen molar-refractivity contribution in [2.75, 3.05) is 39.6 Å². The van der Waals surface area contributed by atoms with E-state index in [1.807, 2.05) is 51.7 Å². The molecule has 0 aliphatic carbocycles. The van der Waals surface area contributed by atoms with Crippen LogP contribution >= 0.6 is 0 Å². The number of hydrogen-bond acceptors (Lipinski definition) is 8. The van der Waals surface area contributed by atoms with Crippen molar-refractivity contribution in [3.63, 3.8) is 0 Å². The Kier molecular flexibility index (Phi) is 8.65. The van der Waals surface area contributed by atoms with Crippen LogP contribution in [0.5, 0.6) is 11.5 Å². The summed E-state index contributed by atoms with van der Waals surface area (Å²) in [5.41, 5.74) is 5.29. The van der Waals surface area contributed by atoms with Gasteiger partial charge in [0, 0.05) is 49.4 Å². The summed E-state index contributed by atoms with van der Waals surface area (Å²) in [7, 11) is 5.50. The monoisotopic (exact) mass is 531 g/mol. The summed E-state index contributed by atoms with van der Waals surface area (Å²) < 4.78 is 7.97. The summed E-state index contributed by atoms with van der Waals surface area (Å²) in [4.78, 5) is 24.9. The number of phenolic OH excluding ortho intramolecular Hbond substituents is 1. The molecule has 0 radical (unpaired) electrons. The van der Waals surface area contributed by atoms with E-state index in [1.165, 1.54) is 6.07 Å². The zero-order chi connectivity index (χ0) is 28.1. The number of anilines is 1. The lowest BCUT2D eigenvalue weighted by Gasteiger charge is -2.19. The molecule has 10 heteroatoms. The van der Waals surface area contributed by atoms with Gasteiger partial charge in [-0.3, -0.25) is 9.48 Å². The quantitative estimate of drug-likeness (QED) is 0.247. The second kappa shape index (κ2) is 12.1. The fourth-order valence-corrected chi connectivity index (χ4v) is 4.58. The SMILES string of the molecule is CCn1ncc(CN(C)C(=O)c2nc(-c3cc(C)c(OCCCNC)c(NC)c3)nc3ccc(O)cc23)c1C. The van der Waals surface area contributed by atoms with Gasteiger partial charge in [0.25, 0.3) is 5.91 Å². The molecular formula is C29H37N7O3. The van der Waals surface area contributed by atoms with Gasteiger partial charge in [0.1, 0.15) is 17.2 Å². The molecule has 0 bridgehead atoms. The van der Waals surface area contributed by atoms with Gasteiger partial charge in [0.05, 0.1) is 24.0 Å². The van der Waals surface area contributed by atoms with Crippen LogP contribution in [0.2, 0.25) is 0 Å². The molecule has 2 aromatic carbocycles. The van der Waals surface area contributed by atoms with Crippen LogP contribution in [0.1, 0.15) is 40.7 Å². The number of ether oxygens (including phenoxy) is 1. The molecule has 0 saturated heterocycles.